The van der Waals surface area contributed by atoms with E-state index < -0.39 is 0 Å². The zero-order valence-corrected chi connectivity index (χ0v) is 14.0. The van der Waals surface area contributed by atoms with Crippen LogP contribution in [-0.2, 0) is 0 Å². The molecule has 0 bridgehead atoms. The highest BCUT2D eigenvalue weighted by atomic mass is 35.5. The van der Waals surface area contributed by atoms with E-state index in [0.29, 0.717) is 15.6 Å². The Bertz CT molecular complexity index is 643. The molecule has 1 unspecified atom stereocenters. The van der Waals surface area contributed by atoms with Crippen molar-refractivity contribution in [2.24, 2.45) is 0 Å². The van der Waals surface area contributed by atoms with Gasteiger partial charge in [0.05, 0.1) is 16.6 Å². The van der Waals surface area contributed by atoms with Crippen LogP contribution in [-0.4, -0.2) is 12.2 Å². The van der Waals surface area contributed by atoms with Crippen molar-refractivity contribution in [1.29, 1.82) is 0 Å². The fourth-order valence-electron chi connectivity index (χ4n) is 1.92. The summed E-state index contributed by atoms with van der Waals surface area (Å²) >= 11 is 13.6. The van der Waals surface area contributed by atoms with E-state index in [9.17, 15) is 4.79 Å². The van der Waals surface area contributed by atoms with Crippen LogP contribution in [0.3, 0.4) is 0 Å². The quantitative estimate of drug-likeness (QED) is 0.775. The third-order valence-electron chi connectivity index (χ3n) is 3.14. The van der Waals surface area contributed by atoms with Crippen molar-refractivity contribution in [2.45, 2.75) is 17.9 Å². The van der Waals surface area contributed by atoms with E-state index in [-0.39, 0.29) is 11.9 Å². The van der Waals surface area contributed by atoms with Gasteiger partial charge in [-0.1, -0.05) is 35.3 Å². The van der Waals surface area contributed by atoms with Crippen molar-refractivity contribution in [3.05, 3.63) is 63.6 Å². The van der Waals surface area contributed by atoms with Crippen LogP contribution in [0.2, 0.25) is 10.0 Å². The fraction of sp³-hybridized carbons (Fsp3) is 0.188. The zero-order valence-electron chi connectivity index (χ0n) is 11.7. The standard InChI is InChI=1S/C16H15Cl2NOS/c1-10(11-3-6-13(21-2)7-4-11)19-16(20)14-8-5-12(17)9-15(14)18/h3-10H,1-2H3,(H,19,20). The number of rotatable bonds is 4. The van der Waals surface area contributed by atoms with E-state index in [1.807, 2.05) is 37.4 Å². The van der Waals surface area contributed by atoms with Gasteiger partial charge in [0.25, 0.3) is 5.91 Å². The highest BCUT2D eigenvalue weighted by molar-refractivity contribution is 7.98. The Kier molecular flexibility index (Phi) is 5.57. The number of amides is 1. The van der Waals surface area contributed by atoms with Crippen LogP contribution in [0.1, 0.15) is 28.9 Å². The molecule has 0 fully saturated rings. The second-order valence-electron chi connectivity index (χ2n) is 4.59. The molecule has 2 aromatic carbocycles. The molecule has 0 heterocycles. The summed E-state index contributed by atoms with van der Waals surface area (Å²) in [6.07, 6.45) is 2.03. The summed E-state index contributed by atoms with van der Waals surface area (Å²) in [5.41, 5.74) is 1.47. The van der Waals surface area contributed by atoms with Crippen LogP contribution >= 0.6 is 35.0 Å². The molecule has 0 aliphatic heterocycles. The van der Waals surface area contributed by atoms with E-state index in [1.54, 1.807) is 30.0 Å². The molecule has 0 saturated carbocycles. The molecule has 2 aromatic rings. The molecule has 1 amide bonds. The van der Waals surface area contributed by atoms with Crippen molar-refractivity contribution >= 4 is 40.9 Å². The molecule has 0 saturated heterocycles. The Hall–Kier alpha value is -1.16. The molecule has 1 N–H and O–H groups in total. The Balaban J connectivity index is 2.10. The Labute approximate surface area is 138 Å². The number of nitrogens with one attached hydrogen (secondary N) is 1. The summed E-state index contributed by atoms with van der Waals surface area (Å²) in [7, 11) is 0. The van der Waals surface area contributed by atoms with Gasteiger partial charge in [0, 0.05) is 9.92 Å². The number of benzene rings is 2. The van der Waals surface area contributed by atoms with Crippen molar-refractivity contribution in [2.75, 3.05) is 6.26 Å². The average molecular weight is 340 g/mol. The van der Waals surface area contributed by atoms with E-state index in [4.69, 9.17) is 23.2 Å². The smallest absolute Gasteiger partial charge is 0.253 e. The molecular formula is C16H15Cl2NOS. The van der Waals surface area contributed by atoms with Crippen LogP contribution in [0, 0.1) is 0 Å². The van der Waals surface area contributed by atoms with Crippen molar-refractivity contribution in [1.82, 2.24) is 5.32 Å². The maximum absolute atomic E-state index is 12.2. The lowest BCUT2D eigenvalue weighted by molar-refractivity contribution is 0.0940. The number of hydrogen-bond donors (Lipinski definition) is 1. The van der Waals surface area contributed by atoms with Crippen molar-refractivity contribution < 1.29 is 4.79 Å². The molecular weight excluding hydrogens is 325 g/mol. The van der Waals surface area contributed by atoms with Gasteiger partial charge in [-0.2, -0.15) is 0 Å². The second-order valence-corrected chi connectivity index (χ2v) is 6.32. The molecule has 0 aliphatic carbocycles. The Morgan fingerprint density at radius 3 is 2.38 bits per heavy atom. The molecule has 21 heavy (non-hydrogen) atoms. The van der Waals surface area contributed by atoms with Gasteiger partial charge >= 0.3 is 0 Å². The fourth-order valence-corrected chi connectivity index (χ4v) is 2.83. The third kappa shape index (κ3) is 4.16. The monoisotopic (exact) mass is 339 g/mol. The largest absolute Gasteiger partial charge is 0.345 e. The SMILES string of the molecule is CSc1ccc(C(C)NC(=O)c2ccc(Cl)cc2Cl)cc1. The van der Waals surface area contributed by atoms with Crippen LogP contribution in [0.15, 0.2) is 47.4 Å². The number of halogens is 2. The highest BCUT2D eigenvalue weighted by Crippen LogP contribution is 2.23. The van der Waals surface area contributed by atoms with Gasteiger partial charge < -0.3 is 5.32 Å². The van der Waals surface area contributed by atoms with Gasteiger partial charge in [0.15, 0.2) is 0 Å². The Morgan fingerprint density at radius 2 is 1.81 bits per heavy atom. The molecule has 0 spiro atoms. The number of thioether (sulfide) groups is 1. The second kappa shape index (κ2) is 7.21. The van der Waals surface area contributed by atoms with Gasteiger partial charge in [-0.15, -0.1) is 11.8 Å². The minimum atomic E-state index is -0.210. The third-order valence-corrected chi connectivity index (χ3v) is 4.43. The first-order valence-electron chi connectivity index (χ1n) is 6.41. The maximum atomic E-state index is 12.2. The van der Waals surface area contributed by atoms with Crippen LogP contribution < -0.4 is 5.32 Å². The molecule has 110 valence electrons. The van der Waals surface area contributed by atoms with Gasteiger partial charge in [-0.3, -0.25) is 4.79 Å². The summed E-state index contributed by atoms with van der Waals surface area (Å²) in [6, 6.07) is 12.9. The summed E-state index contributed by atoms with van der Waals surface area (Å²) in [5.74, 6) is -0.210. The van der Waals surface area contributed by atoms with E-state index in [1.165, 1.54) is 4.90 Å². The minimum Gasteiger partial charge on any atom is -0.345 e. The number of carbonyl (C=O) groups is 1. The molecule has 5 heteroatoms. The summed E-state index contributed by atoms with van der Waals surface area (Å²) < 4.78 is 0. The first-order chi connectivity index (χ1) is 10.0. The topological polar surface area (TPSA) is 29.1 Å². The van der Waals surface area contributed by atoms with Crippen LogP contribution in [0.4, 0.5) is 0 Å². The van der Waals surface area contributed by atoms with Crippen molar-refractivity contribution in [3.8, 4) is 0 Å². The summed E-state index contributed by atoms with van der Waals surface area (Å²) in [6.45, 7) is 1.94. The molecule has 2 nitrogen and oxygen atoms in total. The lowest BCUT2D eigenvalue weighted by Crippen LogP contribution is -2.26. The zero-order chi connectivity index (χ0) is 15.4. The normalized spacial score (nSPS) is 12.0. The first kappa shape index (κ1) is 16.2. The lowest BCUT2D eigenvalue weighted by Gasteiger charge is -2.15. The van der Waals surface area contributed by atoms with Gasteiger partial charge in [0.1, 0.15) is 0 Å². The van der Waals surface area contributed by atoms with E-state index in [2.05, 4.69) is 5.32 Å². The summed E-state index contributed by atoms with van der Waals surface area (Å²) in [4.78, 5) is 13.4. The number of carbonyl (C=O) groups excluding carboxylic acids is 1. The van der Waals surface area contributed by atoms with Crippen LogP contribution in [0.5, 0.6) is 0 Å². The predicted octanol–water partition coefficient (Wildman–Crippen LogP) is 5.21. The minimum absolute atomic E-state index is 0.0971. The molecule has 0 radical (unpaired) electrons. The average Bonchev–Trinajstić information content (AvgIpc) is 2.47. The van der Waals surface area contributed by atoms with E-state index >= 15 is 0 Å². The molecule has 0 aliphatic rings. The molecule has 1 atom stereocenters. The van der Waals surface area contributed by atoms with E-state index in [0.717, 1.165) is 5.56 Å². The maximum Gasteiger partial charge on any atom is 0.253 e. The number of hydrogen-bond acceptors (Lipinski definition) is 2. The first-order valence-corrected chi connectivity index (χ1v) is 8.39. The van der Waals surface area contributed by atoms with Gasteiger partial charge in [-0.05, 0) is 49.1 Å². The summed E-state index contributed by atoms with van der Waals surface area (Å²) in [5, 5.41) is 3.80. The highest BCUT2D eigenvalue weighted by Gasteiger charge is 2.14. The van der Waals surface area contributed by atoms with Gasteiger partial charge in [0.2, 0.25) is 0 Å². The van der Waals surface area contributed by atoms with Crippen LogP contribution in [0.25, 0.3) is 0 Å². The van der Waals surface area contributed by atoms with Gasteiger partial charge in [-0.25, -0.2) is 0 Å². The predicted molar refractivity (Wildman–Crippen MR) is 90.6 cm³/mol. The molecule has 0 aromatic heterocycles. The Morgan fingerprint density at radius 1 is 1.14 bits per heavy atom. The van der Waals surface area contributed by atoms with Crippen molar-refractivity contribution in [3.63, 3.8) is 0 Å². The lowest BCUT2D eigenvalue weighted by atomic mass is 10.1. The molecule has 2 rings (SSSR count).